The molecule has 4 N–H and O–H groups in total. The Kier molecular flexibility index (Phi) is 8.83. The molecule has 0 amide bonds. The molecule has 2 aliphatic heterocycles. The van der Waals surface area contributed by atoms with Gasteiger partial charge in [-0.1, -0.05) is 0 Å². The van der Waals surface area contributed by atoms with E-state index in [4.69, 9.17) is 20.1 Å². The minimum absolute atomic E-state index is 0.0782. The van der Waals surface area contributed by atoms with Gasteiger partial charge in [-0.2, -0.15) is 18.2 Å². The molecule has 2 fully saturated rings. The summed E-state index contributed by atoms with van der Waals surface area (Å²) < 4.78 is 42.2. The molecule has 0 aromatic carbocycles. The smallest absolute Gasteiger partial charge is 0.378 e. The third kappa shape index (κ3) is 7.45. The van der Waals surface area contributed by atoms with Crippen LogP contribution in [0.15, 0.2) is 18.6 Å². The summed E-state index contributed by atoms with van der Waals surface area (Å²) >= 11 is 0. The number of piperazine rings is 1. The van der Waals surface area contributed by atoms with Crippen LogP contribution in [-0.4, -0.2) is 102 Å². The molecule has 2 saturated heterocycles. The van der Waals surface area contributed by atoms with E-state index in [2.05, 4.69) is 30.8 Å². The minimum atomic E-state index is -4.39. The van der Waals surface area contributed by atoms with E-state index in [1.807, 2.05) is 4.90 Å². The average molecular weight is 509 g/mol. The third-order valence-corrected chi connectivity index (χ3v) is 5.81. The third-order valence-electron chi connectivity index (χ3n) is 5.81. The van der Waals surface area contributed by atoms with Gasteiger partial charge in [0.1, 0.15) is 30.1 Å². The van der Waals surface area contributed by atoms with E-state index >= 15 is 0 Å². The maximum Gasteiger partial charge on any atom is 0.411 e. The van der Waals surface area contributed by atoms with Crippen LogP contribution in [0.2, 0.25) is 0 Å². The van der Waals surface area contributed by atoms with Gasteiger partial charge in [0.15, 0.2) is 5.82 Å². The maximum absolute atomic E-state index is 12.5. The average Bonchev–Trinajstić information content (AvgIpc) is 3.38. The molecule has 2 aromatic heterocycles. The van der Waals surface area contributed by atoms with E-state index in [0.29, 0.717) is 54.3 Å². The van der Waals surface area contributed by atoms with Crippen LogP contribution < -0.4 is 20.9 Å². The van der Waals surface area contributed by atoms with Gasteiger partial charge in [-0.05, 0) is 32.0 Å². The van der Waals surface area contributed by atoms with E-state index in [1.54, 1.807) is 12.3 Å². The molecule has 196 valence electrons. The van der Waals surface area contributed by atoms with Gasteiger partial charge in [0.25, 0.3) is 0 Å². The molecule has 0 radical (unpaired) electrons. The van der Waals surface area contributed by atoms with Gasteiger partial charge in [0.05, 0.1) is 12.3 Å². The van der Waals surface area contributed by atoms with Gasteiger partial charge in [0, 0.05) is 45.5 Å². The number of anilines is 4. The topological polar surface area (TPSA) is 127 Å². The van der Waals surface area contributed by atoms with E-state index in [0.717, 1.165) is 39.0 Å². The van der Waals surface area contributed by atoms with Crippen LogP contribution in [0.5, 0.6) is 0 Å². The second-order valence-corrected chi connectivity index (χ2v) is 8.61. The lowest BCUT2D eigenvalue weighted by Crippen LogP contribution is -2.44. The summed E-state index contributed by atoms with van der Waals surface area (Å²) in [6.45, 7) is 3.83. The van der Waals surface area contributed by atoms with E-state index < -0.39 is 12.8 Å². The number of nitrogens with one attached hydrogen (secondary N) is 4. The second-order valence-electron chi connectivity index (χ2n) is 8.61. The molecular formula is C22H31F3N10O. The van der Waals surface area contributed by atoms with Crippen molar-refractivity contribution in [1.82, 2.24) is 30.2 Å². The van der Waals surface area contributed by atoms with Crippen molar-refractivity contribution < 1.29 is 17.9 Å². The standard InChI is InChI=1S/C22H31F3N10O/c23-22(24,25)14-36-12-7-29-19-18(16(26)13-34-8-1-2-9-34)32-21(35-10-5-27-6-11-35)33-20(19)31-17-3-4-28-15-30-17/h3-4,15,26-27,29H,1-2,5-14H2,(H,28,30,31,32,33). The van der Waals surface area contributed by atoms with Crippen molar-refractivity contribution in [3.05, 3.63) is 24.3 Å². The number of rotatable bonds is 11. The van der Waals surface area contributed by atoms with Crippen LogP contribution in [0.25, 0.3) is 0 Å². The summed E-state index contributed by atoms with van der Waals surface area (Å²) in [4.78, 5) is 21.9. The first-order chi connectivity index (χ1) is 17.4. The fourth-order valence-electron chi connectivity index (χ4n) is 4.09. The highest BCUT2D eigenvalue weighted by Gasteiger charge is 2.27. The van der Waals surface area contributed by atoms with Crippen molar-refractivity contribution in [2.24, 2.45) is 0 Å². The first kappa shape index (κ1) is 26.0. The fourth-order valence-corrected chi connectivity index (χ4v) is 4.09. The molecule has 2 aromatic rings. The van der Waals surface area contributed by atoms with Crippen molar-refractivity contribution in [3.63, 3.8) is 0 Å². The summed E-state index contributed by atoms with van der Waals surface area (Å²) in [6.07, 6.45) is 0.768. The molecule has 0 bridgehead atoms. The lowest BCUT2D eigenvalue weighted by atomic mass is 10.2. The van der Waals surface area contributed by atoms with E-state index in [9.17, 15) is 13.2 Å². The molecule has 0 saturated carbocycles. The Hall–Kier alpha value is -3.10. The quantitative estimate of drug-likeness (QED) is 0.264. The lowest BCUT2D eigenvalue weighted by molar-refractivity contribution is -0.172. The highest BCUT2D eigenvalue weighted by Crippen LogP contribution is 2.29. The Morgan fingerprint density at radius 1 is 1.14 bits per heavy atom. The maximum atomic E-state index is 12.5. The Labute approximate surface area is 207 Å². The summed E-state index contributed by atoms with van der Waals surface area (Å²) in [5.41, 5.74) is 1.13. The predicted molar refractivity (Wildman–Crippen MR) is 130 cm³/mol. The summed E-state index contributed by atoms with van der Waals surface area (Å²) in [7, 11) is 0. The van der Waals surface area contributed by atoms with Crippen LogP contribution in [-0.2, 0) is 4.74 Å². The van der Waals surface area contributed by atoms with Gasteiger partial charge >= 0.3 is 6.18 Å². The summed E-state index contributed by atoms with van der Waals surface area (Å²) in [6, 6.07) is 1.68. The number of aromatic nitrogens is 4. The number of hydrogen-bond donors (Lipinski definition) is 4. The van der Waals surface area contributed by atoms with Gasteiger partial charge in [-0.3, -0.25) is 4.90 Å². The van der Waals surface area contributed by atoms with Crippen molar-refractivity contribution in [2.75, 3.05) is 81.1 Å². The largest absolute Gasteiger partial charge is 0.411 e. The van der Waals surface area contributed by atoms with E-state index in [-0.39, 0.29) is 13.2 Å². The number of ether oxygens (including phenoxy) is 1. The molecule has 0 atom stereocenters. The van der Waals surface area contributed by atoms with Gasteiger partial charge in [0.2, 0.25) is 5.95 Å². The van der Waals surface area contributed by atoms with Gasteiger partial charge < -0.3 is 31.0 Å². The Balaban J connectivity index is 1.64. The first-order valence-electron chi connectivity index (χ1n) is 12.0. The predicted octanol–water partition coefficient (Wildman–Crippen LogP) is 1.87. The molecule has 2 aliphatic rings. The van der Waals surface area contributed by atoms with Crippen molar-refractivity contribution >= 4 is 29.0 Å². The summed E-state index contributed by atoms with van der Waals surface area (Å²) in [5, 5.41) is 18.5. The van der Waals surface area contributed by atoms with Crippen LogP contribution in [0, 0.1) is 5.41 Å². The first-order valence-corrected chi connectivity index (χ1v) is 12.0. The Bertz CT molecular complexity index is 996. The van der Waals surface area contributed by atoms with Crippen LogP contribution >= 0.6 is 0 Å². The molecule has 0 aliphatic carbocycles. The van der Waals surface area contributed by atoms with Gasteiger partial charge in [-0.25, -0.2) is 15.0 Å². The van der Waals surface area contributed by atoms with Crippen molar-refractivity contribution in [2.45, 2.75) is 19.0 Å². The SMILES string of the molecule is N=C(CN1CCCC1)c1nc(N2CCNCC2)nc(Nc2ccncn2)c1NCCOCC(F)(F)F. The molecule has 4 heterocycles. The monoisotopic (exact) mass is 508 g/mol. The lowest BCUT2D eigenvalue weighted by Gasteiger charge is -2.29. The zero-order valence-electron chi connectivity index (χ0n) is 19.9. The van der Waals surface area contributed by atoms with E-state index in [1.165, 1.54) is 6.33 Å². The highest BCUT2D eigenvalue weighted by molar-refractivity contribution is 6.05. The van der Waals surface area contributed by atoms with Crippen LogP contribution in [0.3, 0.4) is 0 Å². The van der Waals surface area contributed by atoms with Gasteiger partial charge in [-0.15, -0.1) is 0 Å². The minimum Gasteiger partial charge on any atom is -0.378 e. The Morgan fingerprint density at radius 2 is 1.92 bits per heavy atom. The zero-order valence-corrected chi connectivity index (χ0v) is 19.9. The molecular weight excluding hydrogens is 477 g/mol. The zero-order chi connectivity index (χ0) is 25.4. The van der Waals surface area contributed by atoms with Crippen LogP contribution in [0.1, 0.15) is 18.5 Å². The molecule has 14 heteroatoms. The molecule has 0 spiro atoms. The highest BCUT2D eigenvalue weighted by atomic mass is 19.4. The number of halogens is 3. The summed E-state index contributed by atoms with van der Waals surface area (Å²) in [5.74, 6) is 1.35. The number of hydrogen-bond acceptors (Lipinski definition) is 11. The molecule has 36 heavy (non-hydrogen) atoms. The van der Waals surface area contributed by atoms with Crippen molar-refractivity contribution in [1.29, 1.82) is 5.41 Å². The Morgan fingerprint density at radius 3 is 2.61 bits per heavy atom. The van der Waals surface area contributed by atoms with Crippen LogP contribution in [0.4, 0.5) is 36.4 Å². The normalized spacial score (nSPS) is 16.8. The molecule has 0 unspecified atom stereocenters. The molecule has 11 nitrogen and oxygen atoms in total. The van der Waals surface area contributed by atoms with Crippen molar-refractivity contribution in [3.8, 4) is 0 Å². The second kappa shape index (κ2) is 12.2. The number of alkyl halides is 3. The fraction of sp³-hybridized carbons (Fsp3) is 0.591. The molecule has 4 rings (SSSR count). The number of nitrogens with zero attached hydrogens (tertiary/aromatic N) is 6. The number of likely N-dealkylation sites (tertiary alicyclic amines) is 1.